The van der Waals surface area contributed by atoms with Gasteiger partial charge in [-0.05, 0) is 65.7 Å². The van der Waals surface area contributed by atoms with Gasteiger partial charge >= 0.3 is 11.9 Å². The highest BCUT2D eigenvalue weighted by molar-refractivity contribution is 6.41. The number of rotatable bonds is 9. The molecule has 0 saturated carbocycles. The van der Waals surface area contributed by atoms with E-state index in [4.69, 9.17) is 43.2 Å². The van der Waals surface area contributed by atoms with Crippen LogP contribution in [0.5, 0.6) is 5.75 Å². The Bertz CT molecular complexity index is 3210. The van der Waals surface area contributed by atoms with Crippen LogP contribution >= 0.6 is 23.2 Å². The number of halogens is 2. The number of nitrogen functional groups attached to an aromatic ring is 1. The standard InChI is InChI=1S/C44H28Cl2N4O10/c45-31-16-30(41(46)40(39(31)44(57)58)38-27-7-2-20(47)12-32(27)59-33-13-21(48)3-8-28(33)38)42(54)50-18-36(53)49-17-19-1-6-24(29(11-19)43(55)56)37-25-9-4-22(51)14-34(25)60-35-15-23(52)5-10-26(35)37/h1-16,47,51H,17-18,48H2,(H,49,53)(H,50,54)(H,55,56)(H,57,58)/p+1. The van der Waals surface area contributed by atoms with Crippen molar-refractivity contribution in [2.75, 3.05) is 12.3 Å². The summed E-state index contributed by atoms with van der Waals surface area (Å²) >= 11 is 13.5. The molecule has 0 fully saturated rings. The number of benzene rings is 6. The molecular formula is C44H29Cl2N4O10+. The molecule has 4 aliphatic rings. The van der Waals surface area contributed by atoms with E-state index in [0.29, 0.717) is 49.6 Å². The Kier molecular flexibility index (Phi) is 9.95. The van der Waals surface area contributed by atoms with Gasteiger partial charge in [-0.3, -0.25) is 19.8 Å². The molecule has 8 rings (SSSR count). The van der Waals surface area contributed by atoms with Gasteiger partial charge in [0.2, 0.25) is 5.91 Å². The minimum atomic E-state index is -1.42. The molecule has 2 heterocycles. The van der Waals surface area contributed by atoms with Gasteiger partial charge in [-0.2, -0.15) is 0 Å². The lowest BCUT2D eigenvalue weighted by molar-refractivity contribution is -0.172. The summed E-state index contributed by atoms with van der Waals surface area (Å²) in [7, 11) is 0. The van der Waals surface area contributed by atoms with Gasteiger partial charge < -0.3 is 40.5 Å². The van der Waals surface area contributed by atoms with Crippen LogP contribution in [0.15, 0.2) is 111 Å². The number of carbonyl (C=O) groups is 4. The lowest BCUT2D eigenvalue weighted by Crippen LogP contribution is -2.44. The maximum Gasteiger partial charge on any atom is 0.337 e. The summed E-state index contributed by atoms with van der Waals surface area (Å²) in [4.78, 5) is 64.2. The molecule has 4 aromatic carbocycles. The van der Waals surface area contributed by atoms with Crippen LogP contribution in [0.2, 0.25) is 10.0 Å². The van der Waals surface area contributed by atoms with Gasteiger partial charge in [-0.1, -0.05) is 35.3 Å². The van der Waals surface area contributed by atoms with Crippen LogP contribution in [0.3, 0.4) is 0 Å². The quantitative estimate of drug-likeness (QED) is 0.0678. The number of aromatic carboxylic acids is 2. The van der Waals surface area contributed by atoms with E-state index in [1.165, 1.54) is 36.4 Å². The fourth-order valence-corrected chi connectivity index (χ4v) is 7.81. The number of carboxylic acids is 2. The molecule has 2 aliphatic heterocycles. The number of phenolic OH excluding ortho intramolecular Hbond substituents is 1. The van der Waals surface area contributed by atoms with Gasteiger partial charge in [0.15, 0.2) is 10.8 Å². The molecule has 298 valence electrons. The number of fused-ring (bicyclic) bond motifs is 4. The molecule has 0 spiro atoms. The summed E-state index contributed by atoms with van der Waals surface area (Å²) in [5, 5.41) is 42.6. The summed E-state index contributed by atoms with van der Waals surface area (Å²) in [5.41, 5.74) is 8.10. The molecule has 2 aliphatic carbocycles. The number of hydrogen-bond donors (Lipinski definition) is 7. The normalized spacial score (nSPS) is 11.3. The fourth-order valence-electron chi connectivity index (χ4n) is 7.19. The van der Waals surface area contributed by atoms with Crippen molar-refractivity contribution in [2.24, 2.45) is 0 Å². The Balaban J connectivity index is 1.07. The van der Waals surface area contributed by atoms with Crippen molar-refractivity contribution in [1.29, 1.82) is 0 Å². The zero-order chi connectivity index (χ0) is 42.6. The van der Waals surface area contributed by atoms with Gasteiger partial charge in [0.1, 0.15) is 28.4 Å². The van der Waals surface area contributed by atoms with E-state index in [1.54, 1.807) is 54.6 Å². The molecule has 14 nitrogen and oxygen atoms in total. The van der Waals surface area contributed by atoms with Crippen LogP contribution in [0.25, 0.3) is 66.8 Å². The van der Waals surface area contributed by atoms with Gasteiger partial charge in [0.05, 0.1) is 39.3 Å². The first-order chi connectivity index (χ1) is 28.7. The van der Waals surface area contributed by atoms with Crippen LogP contribution in [0, 0.1) is 0 Å². The summed E-state index contributed by atoms with van der Waals surface area (Å²) in [6.07, 6.45) is 0. The lowest BCUT2D eigenvalue weighted by Gasteiger charge is -2.20. The second kappa shape index (κ2) is 15.2. The van der Waals surface area contributed by atoms with Crippen molar-refractivity contribution >= 4 is 74.6 Å². The molecule has 4 aromatic rings. The van der Waals surface area contributed by atoms with Crippen molar-refractivity contribution in [2.45, 2.75) is 6.54 Å². The first kappa shape index (κ1) is 39.2. The van der Waals surface area contributed by atoms with Crippen molar-refractivity contribution in [1.82, 2.24) is 10.6 Å². The molecular weight excluding hydrogens is 815 g/mol. The first-order valence-corrected chi connectivity index (χ1v) is 18.7. The third kappa shape index (κ3) is 7.10. The second-order valence-corrected chi connectivity index (χ2v) is 14.5. The largest absolute Gasteiger partial charge is 0.508 e. The number of amides is 2. The van der Waals surface area contributed by atoms with E-state index >= 15 is 0 Å². The number of anilines is 1. The molecule has 2 amide bonds. The number of aromatic hydroxyl groups is 1. The third-order valence-electron chi connectivity index (χ3n) is 9.85. The monoisotopic (exact) mass is 843 g/mol. The summed E-state index contributed by atoms with van der Waals surface area (Å²) < 4.78 is 11.9. The van der Waals surface area contributed by atoms with E-state index in [-0.39, 0.29) is 78.3 Å². The molecule has 0 saturated heterocycles. The lowest BCUT2D eigenvalue weighted by atomic mass is 9.89. The Morgan fingerprint density at radius 3 is 2.10 bits per heavy atom. The number of phenols is 1. The molecule has 60 heavy (non-hydrogen) atoms. The number of carboxylic acid groups (broad SMARTS) is 2. The predicted octanol–water partition coefficient (Wildman–Crippen LogP) is 5.78. The third-order valence-corrected chi connectivity index (χ3v) is 10.5. The van der Waals surface area contributed by atoms with Crippen LogP contribution in [-0.4, -0.2) is 45.6 Å². The van der Waals surface area contributed by atoms with Gasteiger partial charge in [0.25, 0.3) is 5.91 Å². The maximum atomic E-state index is 13.7. The molecule has 9 N–H and O–H groups in total. The van der Waals surface area contributed by atoms with Crippen LogP contribution in [0.4, 0.5) is 5.69 Å². The summed E-state index contributed by atoms with van der Waals surface area (Å²) in [5.74, 6) is -3.81. The molecule has 0 bridgehead atoms. The van der Waals surface area contributed by atoms with Gasteiger partial charge in [-0.25, -0.2) is 9.59 Å². The van der Waals surface area contributed by atoms with Gasteiger partial charge in [0, 0.05) is 75.1 Å². The SMILES string of the molecule is Nc1ccc2c(-c3c(Cl)c(C(=O)NCC(=O)NCc4ccc(-c5c6ccc(=O)cc-6oc6cc(O)ccc56)c(C(=O)O)c4)cc(Cl)c3C(=O)O)c3ccc(=[NH2+])cc-3oc2c1. The number of nitrogens with one attached hydrogen (secondary N) is 2. The molecule has 0 aromatic heterocycles. The van der Waals surface area contributed by atoms with Crippen molar-refractivity contribution in [3.05, 3.63) is 145 Å². The average molecular weight is 845 g/mol. The van der Waals surface area contributed by atoms with Gasteiger partial charge in [-0.15, -0.1) is 0 Å². The second-order valence-electron chi connectivity index (χ2n) is 13.7. The summed E-state index contributed by atoms with van der Waals surface area (Å²) in [6.45, 7) is -0.687. The van der Waals surface area contributed by atoms with Crippen molar-refractivity contribution < 1.29 is 48.7 Å². The topological polar surface area (TPSA) is 248 Å². The molecule has 0 unspecified atom stereocenters. The van der Waals surface area contributed by atoms with Crippen LogP contribution in [0.1, 0.15) is 36.6 Å². The zero-order valence-corrected chi connectivity index (χ0v) is 32.3. The van der Waals surface area contributed by atoms with Crippen molar-refractivity contribution in [3.63, 3.8) is 0 Å². The van der Waals surface area contributed by atoms with E-state index < -0.39 is 30.3 Å². The number of hydrogen-bond acceptors (Lipinski definition) is 9. The first-order valence-electron chi connectivity index (χ1n) is 17.9. The van der Waals surface area contributed by atoms with Crippen LogP contribution in [-0.2, 0) is 11.3 Å². The zero-order valence-electron chi connectivity index (χ0n) is 30.8. The minimum Gasteiger partial charge on any atom is -0.508 e. The average Bonchev–Trinajstić information content (AvgIpc) is 3.20. The highest BCUT2D eigenvalue weighted by Gasteiger charge is 2.30. The molecule has 0 atom stereocenters. The minimum absolute atomic E-state index is 0.0801. The van der Waals surface area contributed by atoms with E-state index in [0.717, 1.165) is 6.07 Å². The van der Waals surface area contributed by atoms with Crippen LogP contribution < -0.4 is 32.6 Å². The Labute approximate surface area is 347 Å². The Hall–Kier alpha value is -7.68. The van der Waals surface area contributed by atoms with E-state index in [9.17, 15) is 39.3 Å². The number of carbonyl (C=O) groups excluding carboxylic acids is 2. The fraction of sp³-hybridized carbons (Fsp3) is 0.0455. The molecule has 0 radical (unpaired) electrons. The predicted molar refractivity (Wildman–Crippen MR) is 222 cm³/mol. The van der Waals surface area contributed by atoms with E-state index in [1.807, 2.05) is 0 Å². The Morgan fingerprint density at radius 1 is 0.683 bits per heavy atom. The van der Waals surface area contributed by atoms with E-state index in [2.05, 4.69) is 10.6 Å². The maximum absolute atomic E-state index is 13.7. The van der Waals surface area contributed by atoms with Crippen molar-refractivity contribution in [3.8, 4) is 50.7 Å². The Morgan fingerprint density at radius 2 is 1.35 bits per heavy atom. The molecule has 16 heteroatoms. The highest BCUT2D eigenvalue weighted by atomic mass is 35.5. The summed E-state index contributed by atoms with van der Waals surface area (Å²) in [6, 6.07) is 23.7. The number of nitrogens with two attached hydrogens (primary N) is 2. The smallest absolute Gasteiger partial charge is 0.337 e. The highest BCUT2D eigenvalue weighted by Crippen LogP contribution is 2.47.